The highest BCUT2D eigenvalue weighted by molar-refractivity contribution is 4.92. The number of aromatic nitrogens is 2. The van der Waals surface area contributed by atoms with Crippen LogP contribution in [0.25, 0.3) is 0 Å². The molecule has 0 saturated carbocycles. The summed E-state index contributed by atoms with van der Waals surface area (Å²) in [7, 11) is 4.13. The molecule has 0 aliphatic carbocycles. The van der Waals surface area contributed by atoms with Gasteiger partial charge in [0.2, 0.25) is 0 Å². The maximum Gasteiger partial charge on any atom is 0.108 e. The van der Waals surface area contributed by atoms with Crippen LogP contribution in [0.2, 0.25) is 0 Å². The Balaban J connectivity index is 1.84. The van der Waals surface area contributed by atoms with Gasteiger partial charge in [0.05, 0.1) is 0 Å². The van der Waals surface area contributed by atoms with E-state index in [0.717, 1.165) is 32.0 Å². The minimum atomic E-state index is 0.593. The second-order valence-corrected chi connectivity index (χ2v) is 4.84. The molecule has 0 amide bonds. The first-order chi connectivity index (χ1) is 8.31. The van der Waals surface area contributed by atoms with Crippen LogP contribution in [-0.4, -0.2) is 35.9 Å². The first-order valence-corrected chi connectivity index (χ1v) is 6.52. The number of hydrogen-bond donors (Lipinski definition) is 1. The molecule has 0 radical (unpaired) electrons. The Morgan fingerprint density at radius 3 is 2.88 bits per heavy atom. The normalized spacial score (nSPS) is 19.4. The Kier molecular flexibility index (Phi) is 4.57. The molecule has 1 saturated heterocycles. The minimum absolute atomic E-state index is 0.593. The molecular weight excluding hydrogens is 214 g/mol. The van der Waals surface area contributed by atoms with Crippen LogP contribution in [0.5, 0.6) is 0 Å². The fourth-order valence-corrected chi connectivity index (χ4v) is 2.66. The number of imidazole rings is 1. The molecule has 1 aliphatic heterocycles. The lowest BCUT2D eigenvalue weighted by Crippen LogP contribution is -2.37. The predicted molar refractivity (Wildman–Crippen MR) is 67.9 cm³/mol. The molecule has 0 spiro atoms. The van der Waals surface area contributed by atoms with Crippen LogP contribution in [-0.2, 0) is 18.2 Å². The third kappa shape index (κ3) is 3.30. The zero-order valence-electron chi connectivity index (χ0n) is 10.9. The molecule has 1 unspecified atom stereocenters. The monoisotopic (exact) mass is 237 g/mol. The molecule has 1 aromatic rings. The summed E-state index contributed by atoms with van der Waals surface area (Å²) in [6.07, 6.45) is 8.47. The molecule has 1 aliphatic rings. The summed E-state index contributed by atoms with van der Waals surface area (Å²) < 4.78 is 7.53. The van der Waals surface area contributed by atoms with Gasteiger partial charge >= 0.3 is 0 Å². The lowest BCUT2D eigenvalue weighted by Gasteiger charge is -2.30. The standard InChI is InChI=1S/C13H23N3O/c1-14-12(11-5-9-17-10-6-11)3-4-13-15-7-8-16(13)2/h7-8,11-12,14H,3-6,9-10H2,1-2H3. The lowest BCUT2D eigenvalue weighted by atomic mass is 9.89. The van der Waals surface area contributed by atoms with Crippen molar-refractivity contribution < 1.29 is 4.74 Å². The van der Waals surface area contributed by atoms with Crippen LogP contribution in [0.3, 0.4) is 0 Å². The highest BCUT2D eigenvalue weighted by Crippen LogP contribution is 2.21. The van der Waals surface area contributed by atoms with Gasteiger partial charge in [0.15, 0.2) is 0 Å². The number of ether oxygens (including phenoxy) is 1. The van der Waals surface area contributed by atoms with Crippen LogP contribution in [0.4, 0.5) is 0 Å². The molecule has 1 N–H and O–H groups in total. The molecule has 2 heterocycles. The van der Waals surface area contributed by atoms with Crippen molar-refractivity contribution >= 4 is 0 Å². The smallest absolute Gasteiger partial charge is 0.108 e. The average Bonchev–Trinajstić information content (AvgIpc) is 2.77. The molecule has 0 bridgehead atoms. The zero-order valence-corrected chi connectivity index (χ0v) is 10.9. The first kappa shape index (κ1) is 12.6. The van der Waals surface area contributed by atoms with E-state index in [0.29, 0.717) is 6.04 Å². The van der Waals surface area contributed by atoms with Gasteiger partial charge in [-0.1, -0.05) is 0 Å². The molecule has 17 heavy (non-hydrogen) atoms. The number of nitrogens with zero attached hydrogens (tertiary/aromatic N) is 2. The van der Waals surface area contributed by atoms with E-state index >= 15 is 0 Å². The largest absolute Gasteiger partial charge is 0.381 e. The van der Waals surface area contributed by atoms with Gasteiger partial charge in [-0.05, 0) is 32.2 Å². The van der Waals surface area contributed by atoms with E-state index in [1.54, 1.807) is 0 Å². The van der Waals surface area contributed by atoms with Gasteiger partial charge in [-0.2, -0.15) is 0 Å². The van der Waals surface area contributed by atoms with E-state index in [2.05, 4.69) is 29.0 Å². The SMILES string of the molecule is CNC(CCc1nccn1C)C1CCOCC1. The van der Waals surface area contributed by atoms with Crippen LogP contribution in [0, 0.1) is 5.92 Å². The van der Waals surface area contributed by atoms with E-state index in [1.165, 1.54) is 18.7 Å². The minimum Gasteiger partial charge on any atom is -0.381 e. The van der Waals surface area contributed by atoms with Gasteiger partial charge in [0.25, 0.3) is 0 Å². The maximum absolute atomic E-state index is 5.42. The molecule has 2 rings (SSSR count). The molecule has 4 nitrogen and oxygen atoms in total. The van der Waals surface area contributed by atoms with E-state index in [4.69, 9.17) is 4.74 Å². The van der Waals surface area contributed by atoms with Crippen molar-refractivity contribution in [3.8, 4) is 0 Å². The van der Waals surface area contributed by atoms with Gasteiger partial charge in [-0.15, -0.1) is 0 Å². The summed E-state index contributed by atoms with van der Waals surface area (Å²) in [6.45, 7) is 1.84. The van der Waals surface area contributed by atoms with Crippen molar-refractivity contribution in [3.05, 3.63) is 18.2 Å². The van der Waals surface area contributed by atoms with Crippen LogP contribution in [0.15, 0.2) is 12.4 Å². The highest BCUT2D eigenvalue weighted by atomic mass is 16.5. The molecule has 1 fully saturated rings. The third-order valence-electron chi connectivity index (χ3n) is 3.81. The van der Waals surface area contributed by atoms with Crippen molar-refractivity contribution in [1.29, 1.82) is 0 Å². The van der Waals surface area contributed by atoms with Crippen molar-refractivity contribution in [3.63, 3.8) is 0 Å². The van der Waals surface area contributed by atoms with Gasteiger partial charge in [0, 0.05) is 45.1 Å². The second kappa shape index (κ2) is 6.17. The predicted octanol–water partition coefficient (Wildman–Crippen LogP) is 1.37. The lowest BCUT2D eigenvalue weighted by molar-refractivity contribution is 0.0536. The number of aryl methyl sites for hydroxylation is 2. The first-order valence-electron chi connectivity index (χ1n) is 6.52. The summed E-state index contributed by atoms with van der Waals surface area (Å²) in [5.74, 6) is 1.94. The topological polar surface area (TPSA) is 39.1 Å². The fourth-order valence-electron chi connectivity index (χ4n) is 2.66. The molecule has 1 aromatic heterocycles. The molecular formula is C13H23N3O. The van der Waals surface area contributed by atoms with Crippen molar-refractivity contribution in [1.82, 2.24) is 14.9 Å². The van der Waals surface area contributed by atoms with Crippen LogP contribution in [0.1, 0.15) is 25.1 Å². The van der Waals surface area contributed by atoms with E-state index < -0.39 is 0 Å². The van der Waals surface area contributed by atoms with Crippen LogP contribution < -0.4 is 5.32 Å². The average molecular weight is 237 g/mol. The van der Waals surface area contributed by atoms with Gasteiger partial charge in [-0.25, -0.2) is 4.98 Å². The second-order valence-electron chi connectivity index (χ2n) is 4.84. The summed E-state index contributed by atoms with van der Waals surface area (Å²) in [4.78, 5) is 4.38. The Bertz CT molecular complexity index is 331. The van der Waals surface area contributed by atoms with Crippen molar-refractivity contribution in [2.24, 2.45) is 13.0 Å². The quantitative estimate of drug-likeness (QED) is 0.840. The van der Waals surface area contributed by atoms with Crippen molar-refractivity contribution in [2.45, 2.75) is 31.7 Å². The summed E-state index contributed by atoms with van der Waals surface area (Å²) in [6, 6.07) is 0.593. The Morgan fingerprint density at radius 1 is 1.53 bits per heavy atom. The number of hydrogen-bond acceptors (Lipinski definition) is 3. The Labute approximate surface area is 103 Å². The van der Waals surface area contributed by atoms with Gasteiger partial charge < -0.3 is 14.6 Å². The fraction of sp³-hybridized carbons (Fsp3) is 0.769. The Morgan fingerprint density at radius 2 is 2.29 bits per heavy atom. The Hall–Kier alpha value is -0.870. The maximum atomic E-state index is 5.42. The van der Waals surface area contributed by atoms with Gasteiger partial charge in [-0.3, -0.25) is 0 Å². The molecule has 4 heteroatoms. The summed E-state index contributed by atoms with van der Waals surface area (Å²) in [5.41, 5.74) is 0. The van der Waals surface area contributed by atoms with Gasteiger partial charge in [0.1, 0.15) is 5.82 Å². The third-order valence-corrected chi connectivity index (χ3v) is 3.81. The highest BCUT2D eigenvalue weighted by Gasteiger charge is 2.22. The van der Waals surface area contributed by atoms with Crippen LogP contribution >= 0.6 is 0 Å². The summed E-state index contributed by atoms with van der Waals surface area (Å²) >= 11 is 0. The molecule has 96 valence electrons. The van der Waals surface area contributed by atoms with E-state index in [-0.39, 0.29) is 0 Å². The van der Waals surface area contributed by atoms with E-state index in [9.17, 15) is 0 Å². The molecule has 0 aromatic carbocycles. The number of nitrogens with one attached hydrogen (secondary N) is 1. The zero-order chi connectivity index (χ0) is 12.1. The van der Waals surface area contributed by atoms with E-state index in [1.807, 2.05) is 12.4 Å². The molecule has 1 atom stereocenters. The number of rotatable bonds is 5. The summed E-state index contributed by atoms with van der Waals surface area (Å²) in [5, 5.41) is 3.46. The van der Waals surface area contributed by atoms with Crippen molar-refractivity contribution in [2.75, 3.05) is 20.3 Å².